The van der Waals surface area contributed by atoms with Gasteiger partial charge < -0.3 is 9.84 Å². The van der Waals surface area contributed by atoms with Crippen molar-refractivity contribution < 1.29 is 14.6 Å². The van der Waals surface area contributed by atoms with E-state index in [1.165, 1.54) is 6.07 Å². The fourth-order valence-corrected chi connectivity index (χ4v) is 1.94. The first kappa shape index (κ1) is 14.2. The van der Waals surface area contributed by atoms with Gasteiger partial charge in [-0.05, 0) is 51.3 Å². The molecule has 0 bridgehead atoms. The minimum Gasteiger partial charge on any atom is -0.506 e. The van der Waals surface area contributed by atoms with Crippen LogP contribution in [0.1, 0.15) is 39.2 Å². The molecule has 2 N–H and O–H groups in total. The second-order valence-corrected chi connectivity index (χ2v) is 6.05. The third kappa shape index (κ3) is 3.02. The molecule has 0 saturated heterocycles. The average Bonchev–Trinajstić information content (AvgIpc) is 3.10. The molecular formula is C15H18N2O3. The molecule has 1 aromatic carbocycles. The summed E-state index contributed by atoms with van der Waals surface area (Å²) in [7, 11) is 0. The van der Waals surface area contributed by atoms with Crippen molar-refractivity contribution in [1.29, 1.82) is 5.26 Å². The van der Waals surface area contributed by atoms with E-state index in [-0.39, 0.29) is 11.4 Å². The molecule has 1 aliphatic rings. The van der Waals surface area contributed by atoms with Gasteiger partial charge in [-0.1, -0.05) is 6.07 Å². The van der Waals surface area contributed by atoms with Crippen LogP contribution in [-0.4, -0.2) is 16.8 Å². The molecule has 5 nitrogen and oxygen atoms in total. The van der Waals surface area contributed by atoms with Gasteiger partial charge in [0.2, 0.25) is 0 Å². The minimum absolute atomic E-state index is 0.0603. The third-order valence-electron chi connectivity index (χ3n) is 3.15. The highest BCUT2D eigenvalue weighted by Crippen LogP contribution is 2.48. The molecule has 0 heterocycles. The zero-order valence-electron chi connectivity index (χ0n) is 11.9. The summed E-state index contributed by atoms with van der Waals surface area (Å²) in [5.41, 5.74) is 0.00413. The van der Waals surface area contributed by atoms with Gasteiger partial charge in [-0.15, -0.1) is 0 Å². The monoisotopic (exact) mass is 274 g/mol. The van der Waals surface area contributed by atoms with Gasteiger partial charge in [-0.25, -0.2) is 4.79 Å². The number of carbonyl (C=O) groups excluding carboxylic acids is 1. The van der Waals surface area contributed by atoms with Gasteiger partial charge in [-0.3, -0.25) is 5.32 Å². The van der Waals surface area contributed by atoms with E-state index in [1.807, 2.05) is 0 Å². The van der Waals surface area contributed by atoms with Gasteiger partial charge in [0.25, 0.3) is 0 Å². The number of phenols is 1. The molecule has 0 atom stereocenters. The van der Waals surface area contributed by atoms with Gasteiger partial charge in [0.1, 0.15) is 11.4 Å². The SMILES string of the molecule is CC(C)(C)OC(=O)Nc1ccc(C2(C#N)CC2)cc1O. The lowest BCUT2D eigenvalue weighted by Crippen LogP contribution is -2.27. The van der Waals surface area contributed by atoms with E-state index in [4.69, 9.17) is 10.00 Å². The van der Waals surface area contributed by atoms with Crippen LogP contribution in [0.25, 0.3) is 0 Å². The Balaban J connectivity index is 2.11. The summed E-state index contributed by atoms with van der Waals surface area (Å²) < 4.78 is 5.11. The number of phenolic OH excluding ortho intramolecular Hbond substituents is 1. The van der Waals surface area contributed by atoms with Crippen molar-refractivity contribution in [3.63, 3.8) is 0 Å². The smallest absolute Gasteiger partial charge is 0.412 e. The molecule has 20 heavy (non-hydrogen) atoms. The number of rotatable bonds is 2. The first-order valence-electron chi connectivity index (χ1n) is 6.50. The molecule has 1 aliphatic carbocycles. The lowest BCUT2D eigenvalue weighted by atomic mass is 9.97. The van der Waals surface area contributed by atoms with Crippen LogP contribution in [0.4, 0.5) is 10.5 Å². The average molecular weight is 274 g/mol. The predicted molar refractivity (Wildman–Crippen MR) is 74.5 cm³/mol. The number of nitrogens with one attached hydrogen (secondary N) is 1. The number of nitriles is 1. The molecule has 5 heteroatoms. The van der Waals surface area contributed by atoms with E-state index in [0.717, 1.165) is 18.4 Å². The first-order valence-corrected chi connectivity index (χ1v) is 6.50. The fraction of sp³-hybridized carbons (Fsp3) is 0.467. The summed E-state index contributed by atoms with van der Waals surface area (Å²) in [5, 5.41) is 21.6. The molecular weight excluding hydrogens is 256 g/mol. The van der Waals surface area contributed by atoms with Crippen molar-refractivity contribution in [2.45, 2.75) is 44.6 Å². The Hall–Kier alpha value is -2.22. The maximum atomic E-state index is 11.6. The largest absolute Gasteiger partial charge is 0.506 e. The number of ether oxygens (including phenoxy) is 1. The van der Waals surface area contributed by atoms with Crippen molar-refractivity contribution in [2.75, 3.05) is 5.32 Å². The Morgan fingerprint density at radius 3 is 2.55 bits per heavy atom. The molecule has 0 unspecified atom stereocenters. The van der Waals surface area contributed by atoms with Crippen molar-refractivity contribution in [3.05, 3.63) is 23.8 Å². The van der Waals surface area contributed by atoms with Crippen molar-refractivity contribution in [1.82, 2.24) is 0 Å². The number of anilines is 1. The van der Waals surface area contributed by atoms with Gasteiger partial charge in [0.15, 0.2) is 0 Å². The van der Waals surface area contributed by atoms with Crippen molar-refractivity contribution in [3.8, 4) is 11.8 Å². The predicted octanol–water partition coefficient (Wildman–Crippen LogP) is 3.29. The molecule has 0 radical (unpaired) electrons. The van der Waals surface area contributed by atoms with Gasteiger partial charge in [0, 0.05) is 0 Å². The van der Waals surface area contributed by atoms with Crippen molar-refractivity contribution >= 4 is 11.8 Å². The topological polar surface area (TPSA) is 82.3 Å². The summed E-state index contributed by atoms with van der Waals surface area (Å²) in [6.07, 6.45) is 0.991. The molecule has 2 rings (SSSR count). The highest BCUT2D eigenvalue weighted by Gasteiger charge is 2.45. The summed E-state index contributed by atoms with van der Waals surface area (Å²) >= 11 is 0. The van der Waals surface area contributed by atoms with Crippen molar-refractivity contribution in [2.24, 2.45) is 0 Å². The van der Waals surface area contributed by atoms with Crippen LogP contribution in [0.3, 0.4) is 0 Å². The Morgan fingerprint density at radius 1 is 1.45 bits per heavy atom. The molecule has 0 aromatic heterocycles. The number of benzene rings is 1. The fourth-order valence-electron chi connectivity index (χ4n) is 1.94. The van der Waals surface area contributed by atoms with Crippen LogP contribution in [0.2, 0.25) is 0 Å². The van der Waals surface area contributed by atoms with Gasteiger partial charge in [0.05, 0.1) is 17.2 Å². The number of hydrogen-bond donors (Lipinski definition) is 2. The van der Waals surface area contributed by atoms with E-state index in [9.17, 15) is 9.90 Å². The molecule has 0 aliphatic heterocycles. The molecule has 1 saturated carbocycles. The lowest BCUT2D eigenvalue weighted by Gasteiger charge is -2.20. The third-order valence-corrected chi connectivity index (χ3v) is 3.15. The van der Waals surface area contributed by atoms with E-state index in [2.05, 4.69) is 11.4 Å². The Kier molecular flexibility index (Phi) is 3.34. The van der Waals surface area contributed by atoms with Crippen LogP contribution < -0.4 is 5.32 Å². The lowest BCUT2D eigenvalue weighted by molar-refractivity contribution is 0.0635. The quantitative estimate of drug-likeness (QED) is 0.811. The van der Waals surface area contributed by atoms with E-state index in [0.29, 0.717) is 0 Å². The Bertz CT molecular complexity index is 578. The number of carbonyl (C=O) groups is 1. The molecule has 1 amide bonds. The second-order valence-electron chi connectivity index (χ2n) is 6.05. The van der Waals surface area contributed by atoms with E-state index < -0.39 is 17.1 Å². The number of hydrogen-bond acceptors (Lipinski definition) is 4. The molecule has 0 spiro atoms. The Labute approximate surface area is 118 Å². The highest BCUT2D eigenvalue weighted by atomic mass is 16.6. The first-order chi connectivity index (χ1) is 9.26. The van der Waals surface area contributed by atoms with Crippen LogP contribution in [0.15, 0.2) is 18.2 Å². The Morgan fingerprint density at radius 2 is 2.10 bits per heavy atom. The van der Waals surface area contributed by atoms with Crippen LogP contribution in [0, 0.1) is 11.3 Å². The molecule has 106 valence electrons. The van der Waals surface area contributed by atoms with E-state index >= 15 is 0 Å². The second kappa shape index (κ2) is 4.71. The summed E-state index contributed by atoms with van der Waals surface area (Å²) in [6.45, 7) is 5.29. The normalized spacial score (nSPS) is 16.1. The number of amides is 1. The summed E-state index contributed by atoms with van der Waals surface area (Å²) in [6, 6.07) is 7.14. The zero-order valence-corrected chi connectivity index (χ0v) is 11.9. The standard InChI is InChI=1S/C15H18N2O3/c1-14(2,3)20-13(19)17-11-5-4-10(8-12(11)18)15(9-16)6-7-15/h4-5,8,18H,6-7H2,1-3H3,(H,17,19). The molecule has 1 aromatic rings. The summed E-state index contributed by atoms with van der Waals surface area (Å²) in [4.78, 5) is 11.6. The van der Waals surface area contributed by atoms with Crippen LogP contribution >= 0.6 is 0 Å². The number of aromatic hydroxyl groups is 1. The molecule has 1 fully saturated rings. The van der Waals surface area contributed by atoms with Gasteiger partial charge >= 0.3 is 6.09 Å². The highest BCUT2D eigenvalue weighted by molar-refractivity contribution is 5.87. The maximum Gasteiger partial charge on any atom is 0.412 e. The minimum atomic E-state index is -0.623. The van der Waals surface area contributed by atoms with Gasteiger partial charge in [-0.2, -0.15) is 5.26 Å². The number of nitrogens with zero attached hydrogens (tertiary/aromatic N) is 1. The van der Waals surface area contributed by atoms with Crippen LogP contribution in [-0.2, 0) is 10.2 Å². The van der Waals surface area contributed by atoms with Crippen LogP contribution in [0.5, 0.6) is 5.75 Å². The maximum absolute atomic E-state index is 11.6. The van der Waals surface area contributed by atoms with E-state index in [1.54, 1.807) is 32.9 Å². The summed E-state index contributed by atoms with van der Waals surface area (Å²) in [5.74, 6) is -0.0603. The zero-order chi connectivity index (χ0) is 15.0.